The molecule has 10 nitrogen and oxygen atoms in total. The summed E-state index contributed by atoms with van der Waals surface area (Å²) < 4.78 is 0. The van der Waals surface area contributed by atoms with Crippen molar-refractivity contribution in [1.29, 1.82) is 0 Å². The number of rotatable bonds is 10. The highest BCUT2D eigenvalue weighted by molar-refractivity contribution is 6.35. The normalized spacial score (nSPS) is 21.2. The molecule has 3 N–H and O–H groups in total. The number of carbonyl (C=O) groups is 4. The summed E-state index contributed by atoms with van der Waals surface area (Å²) in [7, 11) is 0. The molecule has 1 aromatic carbocycles. The van der Waals surface area contributed by atoms with Gasteiger partial charge in [-0.1, -0.05) is 43.7 Å². The van der Waals surface area contributed by atoms with Gasteiger partial charge in [0.05, 0.1) is 11.8 Å². The van der Waals surface area contributed by atoms with Crippen molar-refractivity contribution in [3.8, 4) is 0 Å². The predicted molar refractivity (Wildman–Crippen MR) is 125 cm³/mol. The molecule has 2 heterocycles. The van der Waals surface area contributed by atoms with Crippen molar-refractivity contribution in [1.82, 2.24) is 25.3 Å². The Morgan fingerprint density at radius 2 is 1.79 bits per heavy atom. The van der Waals surface area contributed by atoms with Crippen LogP contribution in [0.1, 0.15) is 39.2 Å². The highest BCUT2D eigenvalue weighted by atomic mass is 16.3. The third kappa shape index (κ3) is 5.92. The lowest BCUT2D eigenvalue weighted by atomic mass is 10.1. The smallest absolute Gasteiger partial charge is 0.312 e. The molecular weight excluding hydrogens is 438 g/mol. The molecule has 34 heavy (non-hydrogen) atoms. The van der Waals surface area contributed by atoms with E-state index in [9.17, 15) is 24.3 Å². The number of hydrogen-bond donors (Lipinski definition) is 3. The summed E-state index contributed by atoms with van der Waals surface area (Å²) in [5, 5.41) is 16.4. The summed E-state index contributed by atoms with van der Waals surface area (Å²) in [6.07, 6.45) is 0.594. The van der Waals surface area contributed by atoms with E-state index >= 15 is 0 Å². The number of aliphatic hydroxyl groups is 1. The van der Waals surface area contributed by atoms with Crippen LogP contribution in [0.15, 0.2) is 30.3 Å². The zero-order chi connectivity index (χ0) is 24.9. The van der Waals surface area contributed by atoms with Gasteiger partial charge in [-0.15, -0.1) is 0 Å². The van der Waals surface area contributed by atoms with Gasteiger partial charge in [0.1, 0.15) is 12.6 Å². The molecule has 0 bridgehead atoms. The second kappa shape index (κ2) is 11.0. The third-order valence-corrected chi connectivity index (χ3v) is 6.31. The van der Waals surface area contributed by atoms with Crippen LogP contribution in [0.5, 0.6) is 0 Å². The minimum absolute atomic E-state index is 0.157. The van der Waals surface area contributed by atoms with E-state index in [0.717, 1.165) is 18.4 Å². The fourth-order valence-electron chi connectivity index (χ4n) is 4.26. The first-order valence-corrected chi connectivity index (χ1v) is 11.8. The zero-order valence-electron chi connectivity index (χ0n) is 20.1. The van der Waals surface area contributed by atoms with Crippen LogP contribution in [0.3, 0.4) is 0 Å². The van der Waals surface area contributed by atoms with Crippen LogP contribution < -0.4 is 10.6 Å². The molecule has 2 fully saturated rings. The number of hydrogen-bond acceptors (Lipinski definition) is 6. The number of nitrogens with one attached hydrogen (secondary N) is 2. The average molecular weight is 474 g/mol. The van der Waals surface area contributed by atoms with Gasteiger partial charge < -0.3 is 25.1 Å². The number of carbonyl (C=O) groups excluding carboxylic acids is 4. The van der Waals surface area contributed by atoms with Crippen LogP contribution in [0.25, 0.3) is 0 Å². The fraction of sp³-hybridized carbons (Fsp3) is 0.583. The molecule has 0 spiro atoms. The molecule has 3 rings (SSSR count). The van der Waals surface area contributed by atoms with E-state index in [-0.39, 0.29) is 25.5 Å². The van der Waals surface area contributed by atoms with Gasteiger partial charge in [-0.25, -0.2) is 0 Å². The molecule has 0 saturated carbocycles. The van der Waals surface area contributed by atoms with E-state index < -0.39 is 35.5 Å². The standard InChI is InChI=1S/C24H35N5O5/c1-4-5-11-27-12-13-28(23(34)22(27)33)16-19(31)25-14-18(30)20-21(32)29(24(2,3)26-20)15-17-9-7-6-8-10-17/h6-10,18,20,26,30H,4-5,11-16H2,1-3H3,(H,25,31). The molecule has 2 unspecified atom stereocenters. The van der Waals surface area contributed by atoms with E-state index in [1.54, 1.807) is 4.90 Å². The van der Waals surface area contributed by atoms with Gasteiger partial charge in [-0.05, 0) is 25.8 Å². The van der Waals surface area contributed by atoms with Crippen molar-refractivity contribution < 1.29 is 24.3 Å². The first-order chi connectivity index (χ1) is 16.1. The third-order valence-electron chi connectivity index (χ3n) is 6.31. The maximum absolute atomic E-state index is 13.0. The highest BCUT2D eigenvalue weighted by Gasteiger charge is 2.47. The number of aliphatic hydroxyl groups excluding tert-OH is 1. The Bertz CT molecular complexity index is 906. The summed E-state index contributed by atoms with van der Waals surface area (Å²) >= 11 is 0. The lowest BCUT2D eigenvalue weighted by Gasteiger charge is -2.33. The monoisotopic (exact) mass is 473 g/mol. The molecule has 0 aliphatic carbocycles. The van der Waals surface area contributed by atoms with Gasteiger partial charge in [0.15, 0.2) is 0 Å². The Balaban J connectivity index is 1.50. The lowest BCUT2D eigenvalue weighted by Crippen LogP contribution is -2.57. The van der Waals surface area contributed by atoms with Crippen molar-refractivity contribution in [3.05, 3.63) is 35.9 Å². The van der Waals surface area contributed by atoms with Gasteiger partial charge in [0, 0.05) is 32.7 Å². The van der Waals surface area contributed by atoms with Crippen LogP contribution >= 0.6 is 0 Å². The number of piperazine rings is 1. The molecule has 4 amide bonds. The second-order valence-corrected chi connectivity index (χ2v) is 9.33. The predicted octanol–water partition coefficient (Wildman–Crippen LogP) is -0.329. The SMILES string of the molecule is CCCCN1CCN(CC(=O)NCC(O)C2NC(C)(C)N(Cc3ccccc3)C2=O)C(=O)C1=O. The summed E-state index contributed by atoms with van der Waals surface area (Å²) in [5.74, 6) is -2.02. The summed E-state index contributed by atoms with van der Waals surface area (Å²) in [6, 6.07) is 8.71. The lowest BCUT2D eigenvalue weighted by molar-refractivity contribution is -0.156. The topological polar surface area (TPSA) is 122 Å². The van der Waals surface area contributed by atoms with Crippen LogP contribution in [0.2, 0.25) is 0 Å². The number of benzene rings is 1. The van der Waals surface area contributed by atoms with E-state index in [2.05, 4.69) is 10.6 Å². The molecule has 186 valence electrons. The van der Waals surface area contributed by atoms with Gasteiger partial charge in [0.2, 0.25) is 11.8 Å². The molecule has 2 saturated heterocycles. The minimum Gasteiger partial charge on any atom is -0.389 e. The molecular formula is C24H35N5O5. The van der Waals surface area contributed by atoms with Crippen LogP contribution in [0.4, 0.5) is 0 Å². The summed E-state index contributed by atoms with van der Waals surface area (Å²) in [6.45, 7) is 6.93. The maximum Gasteiger partial charge on any atom is 0.312 e. The molecule has 2 atom stereocenters. The fourth-order valence-corrected chi connectivity index (χ4v) is 4.26. The molecule has 1 aromatic rings. The molecule has 0 radical (unpaired) electrons. The summed E-state index contributed by atoms with van der Waals surface area (Å²) in [5.41, 5.74) is 0.301. The van der Waals surface area contributed by atoms with E-state index in [1.165, 1.54) is 9.80 Å². The Hall–Kier alpha value is -2.98. The van der Waals surface area contributed by atoms with Crippen LogP contribution in [0, 0.1) is 0 Å². The van der Waals surface area contributed by atoms with E-state index in [1.807, 2.05) is 51.1 Å². The molecule has 10 heteroatoms. The molecule has 2 aliphatic heterocycles. The van der Waals surface area contributed by atoms with Crippen molar-refractivity contribution in [2.24, 2.45) is 0 Å². The first-order valence-electron chi connectivity index (χ1n) is 11.8. The zero-order valence-corrected chi connectivity index (χ0v) is 20.1. The van der Waals surface area contributed by atoms with E-state index in [4.69, 9.17) is 0 Å². The quantitative estimate of drug-likeness (QED) is 0.400. The van der Waals surface area contributed by atoms with Gasteiger partial charge >= 0.3 is 11.8 Å². The van der Waals surface area contributed by atoms with E-state index in [0.29, 0.717) is 19.6 Å². The molecule has 2 aliphatic rings. The van der Waals surface area contributed by atoms with Crippen molar-refractivity contribution in [2.75, 3.05) is 32.7 Å². The number of amides is 4. The Labute approximate surface area is 200 Å². The Morgan fingerprint density at radius 1 is 1.15 bits per heavy atom. The summed E-state index contributed by atoms with van der Waals surface area (Å²) in [4.78, 5) is 54.4. The van der Waals surface area contributed by atoms with Crippen molar-refractivity contribution >= 4 is 23.6 Å². The number of unbranched alkanes of at least 4 members (excludes halogenated alkanes) is 1. The van der Waals surface area contributed by atoms with Gasteiger partial charge in [0.25, 0.3) is 0 Å². The minimum atomic E-state index is -1.15. The van der Waals surface area contributed by atoms with Gasteiger partial charge in [-0.2, -0.15) is 0 Å². The van der Waals surface area contributed by atoms with Gasteiger partial charge in [-0.3, -0.25) is 24.5 Å². The number of nitrogens with zero attached hydrogens (tertiary/aromatic N) is 3. The first kappa shape index (κ1) is 25.6. The van der Waals surface area contributed by atoms with Crippen LogP contribution in [-0.2, 0) is 25.7 Å². The van der Waals surface area contributed by atoms with Crippen molar-refractivity contribution in [3.63, 3.8) is 0 Å². The van der Waals surface area contributed by atoms with Crippen LogP contribution in [-0.4, -0.2) is 94.0 Å². The largest absolute Gasteiger partial charge is 0.389 e. The average Bonchev–Trinajstić information content (AvgIpc) is 3.04. The maximum atomic E-state index is 13.0. The highest BCUT2D eigenvalue weighted by Crippen LogP contribution is 2.25. The van der Waals surface area contributed by atoms with Crippen molar-refractivity contribution in [2.45, 2.75) is 58.0 Å². The Morgan fingerprint density at radius 3 is 2.47 bits per heavy atom. The second-order valence-electron chi connectivity index (χ2n) is 9.33. The Kier molecular flexibility index (Phi) is 8.27. The molecule has 0 aromatic heterocycles.